The number of carbonyl (C=O) groups excluding carboxylic acids is 1. The van der Waals surface area contributed by atoms with E-state index in [0.29, 0.717) is 18.5 Å². The van der Waals surface area contributed by atoms with Gasteiger partial charge in [0.05, 0.1) is 11.4 Å². The molecule has 1 amide bonds. The van der Waals surface area contributed by atoms with Gasteiger partial charge in [-0.05, 0) is 91.6 Å². The summed E-state index contributed by atoms with van der Waals surface area (Å²) >= 11 is 0. The van der Waals surface area contributed by atoms with Crippen molar-refractivity contribution in [3.63, 3.8) is 0 Å². The fourth-order valence-electron chi connectivity index (χ4n) is 5.81. The number of carbonyl (C=O) groups is 1. The van der Waals surface area contributed by atoms with Crippen LogP contribution in [0.1, 0.15) is 59.3 Å². The lowest BCUT2D eigenvalue weighted by Crippen LogP contribution is -2.34. The summed E-state index contributed by atoms with van der Waals surface area (Å²) in [5, 5.41) is 0. The Morgan fingerprint density at radius 2 is 1.93 bits per heavy atom. The largest absolute Gasteiger partial charge is 0.337 e. The van der Waals surface area contributed by atoms with E-state index in [1.54, 1.807) is 41.4 Å². The van der Waals surface area contributed by atoms with Gasteiger partial charge in [-0.2, -0.15) is 0 Å². The van der Waals surface area contributed by atoms with Gasteiger partial charge in [0, 0.05) is 37.1 Å². The first-order valence-corrected chi connectivity index (χ1v) is 15.4. The zero-order chi connectivity index (χ0) is 28.7. The number of hydrogen-bond acceptors (Lipinski definition) is 4. The van der Waals surface area contributed by atoms with Crippen LogP contribution in [-0.4, -0.2) is 23.9 Å². The van der Waals surface area contributed by atoms with Gasteiger partial charge < -0.3 is 9.47 Å². The highest BCUT2D eigenvalue weighted by Crippen LogP contribution is 2.49. The van der Waals surface area contributed by atoms with Crippen molar-refractivity contribution >= 4 is 21.6 Å². The van der Waals surface area contributed by atoms with Crippen LogP contribution < -0.4 is 9.62 Å². The van der Waals surface area contributed by atoms with Crippen molar-refractivity contribution in [2.24, 2.45) is 13.0 Å². The molecule has 1 aromatic heterocycles. The Morgan fingerprint density at radius 3 is 2.66 bits per heavy atom. The van der Waals surface area contributed by atoms with E-state index in [9.17, 15) is 17.6 Å². The summed E-state index contributed by atoms with van der Waals surface area (Å²) in [6, 6.07) is 18.8. The molecule has 41 heavy (non-hydrogen) atoms. The molecule has 1 saturated carbocycles. The van der Waals surface area contributed by atoms with Crippen LogP contribution in [0, 0.1) is 18.7 Å². The number of hydrogen-bond donors (Lipinski definition) is 1. The zero-order valence-electron chi connectivity index (χ0n) is 23.1. The zero-order valence-corrected chi connectivity index (χ0v) is 23.9. The lowest BCUT2D eigenvalue weighted by Gasteiger charge is -2.29. The van der Waals surface area contributed by atoms with Gasteiger partial charge in [0.2, 0.25) is 15.9 Å². The first kappa shape index (κ1) is 27.4. The molecule has 2 aliphatic carbocycles. The van der Waals surface area contributed by atoms with E-state index in [0.717, 1.165) is 40.9 Å². The maximum atomic E-state index is 14.0. The average Bonchev–Trinajstić information content (AvgIpc) is 3.66. The fourth-order valence-corrected chi connectivity index (χ4v) is 7.06. The number of nitrogens with zero attached hydrogens (tertiary/aromatic N) is 3. The van der Waals surface area contributed by atoms with E-state index in [1.165, 1.54) is 12.1 Å². The smallest absolute Gasteiger partial charge is 0.241 e. The predicted octanol–water partition coefficient (Wildman–Crippen LogP) is 5.56. The van der Waals surface area contributed by atoms with Crippen molar-refractivity contribution in [3.8, 4) is 0 Å². The van der Waals surface area contributed by atoms with Gasteiger partial charge in [0.15, 0.2) is 0 Å². The van der Waals surface area contributed by atoms with E-state index < -0.39 is 16.1 Å². The van der Waals surface area contributed by atoms with Crippen LogP contribution in [0.4, 0.5) is 10.1 Å². The Balaban J connectivity index is 1.31. The summed E-state index contributed by atoms with van der Waals surface area (Å²) in [5.74, 6) is 0.0856. The topological polar surface area (TPSA) is 84.3 Å². The molecule has 9 heteroatoms. The molecule has 1 fully saturated rings. The molecule has 4 aromatic rings. The minimum absolute atomic E-state index is 0.0336. The third-order valence-corrected chi connectivity index (χ3v) is 9.74. The van der Waals surface area contributed by atoms with Crippen LogP contribution >= 0.6 is 0 Å². The molecule has 1 N–H and O–H groups in total. The molecule has 7 nitrogen and oxygen atoms in total. The highest BCUT2D eigenvalue weighted by atomic mass is 32.2. The molecule has 6 rings (SSSR count). The van der Waals surface area contributed by atoms with Crippen LogP contribution in [0.3, 0.4) is 0 Å². The maximum Gasteiger partial charge on any atom is 0.241 e. The standard InChI is InChI=1S/C32H33FN4O3S/c1-21-9-13-26(14-10-21)41(39,40)35-30-8-4-5-22-11-12-25(18-28(22)30)37(20-31-34-15-16-36(31)2)32(38)29-19-27(29)23-6-3-7-24(33)17-23/h3,6-7,9-18,27,29-30,35H,4-5,8,19-20H2,1-2H3. The molecule has 212 valence electrons. The molecule has 0 bridgehead atoms. The fraction of sp³-hybridized carbons (Fsp3) is 0.312. The second-order valence-electron chi connectivity index (χ2n) is 11.1. The number of aromatic nitrogens is 2. The van der Waals surface area contributed by atoms with Crippen LogP contribution in [0.15, 0.2) is 84.0 Å². The number of rotatable bonds is 8. The number of imidazole rings is 1. The van der Waals surface area contributed by atoms with E-state index in [1.807, 2.05) is 49.0 Å². The lowest BCUT2D eigenvalue weighted by atomic mass is 9.87. The normalized spacial score (nSPS) is 19.9. The van der Waals surface area contributed by atoms with Gasteiger partial charge in [-0.25, -0.2) is 22.5 Å². The maximum absolute atomic E-state index is 14.0. The SMILES string of the molecule is Cc1ccc(S(=O)(=O)NC2CCCc3ccc(N(Cc4nccn4C)C(=O)C4CC4c4cccc(F)c4)cc32)cc1. The number of aryl methyl sites for hydroxylation is 3. The molecule has 3 aromatic carbocycles. The van der Waals surface area contributed by atoms with Crippen LogP contribution in [0.2, 0.25) is 0 Å². The van der Waals surface area contributed by atoms with Crippen molar-refractivity contribution in [2.75, 3.05) is 4.90 Å². The van der Waals surface area contributed by atoms with E-state index in [-0.39, 0.29) is 35.0 Å². The minimum Gasteiger partial charge on any atom is -0.337 e. The average molecular weight is 573 g/mol. The summed E-state index contributed by atoms with van der Waals surface area (Å²) in [6.07, 6.45) is 6.57. The molecule has 0 saturated heterocycles. The molecule has 3 unspecified atom stereocenters. The highest BCUT2D eigenvalue weighted by molar-refractivity contribution is 7.89. The first-order chi connectivity index (χ1) is 19.7. The van der Waals surface area contributed by atoms with E-state index >= 15 is 0 Å². The van der Waals surface area contributed by atoms with Crippen molar-refractivity contribution < 1.29 is 17.6 Å². The van der Waals surface area contributed by atoms with Crippen LogP contribution in [-0.2, 0) is 34.8 Å². The highest BCUT2D eigenvalue weighted by Gasteiger charge is 2.46. The molecule has 1 heterocycles. The monoisotopic (exact) mass is 572 g/mol. The minimum atomic E-state index is -3.73. The van der Waals surface area contributed by atoms with Gasteiger partial charge in [0.25, 0.3) is 0 Å². The Bertz CT molecular complexity index is 1700. The summed E-state index contributed by atoms with van der Waals surface area (Å²) in [7, 11) is -1.85. The predicted molar refractivity (Wildman–Crippen MR) is 155 cm³/mol. The van der Waals surface area contributed by atoms with Gasteiger partial charge in [-0.1, -0.05) is 35.9 Å². The van der Waals surface area contributed by atoms with Crippen molar-refractivity contribution in [3.05, 3.63) is 113 Å². The molecule has 0 aliphatic heterocycles. The number of fused-ring (bicyclic) bond motifs is 1. The van der Waals surface area contributed by atoms with E-state index in [2.05, 4.69) is 9.71 Å². The Labute approximate surface area is 240 Å². The van der Waals surface area contributed by atoms with Gasteiger partial charge >= 0.3 is 0 Å². The summed E-state index contributed by atoms with van der Waals surface area (Å²) in [5.41, 5.74) is 4.48. The van der Waals surface area contributed by atoms with Crippen molar-refractivity contribution in [2.45, 2.75) is 56.0 Å². The molecular weight excluding hydrogens is 539 g/mol. The van der Waals surface area contributed by atoms with Gasteiger partial charge in [-0.3, -0.25) is 4.79 Å². The third kappa shape index (κ3) is 5.69. The number of benzene rings is 3. The molecular formula is C32H33FN4O3S. The van der Waals surface area contributed by atoms with E-state index in [4.69, 9.17) is 0 Å². The Kier molecular flexibility index (Phi) is 7.25. The number of amides is 1. The van der Waals surface area contributed by atoms with Crippen LogP contribution in [0.25, 0.3) is 0 Å². The number of sulfonamides is 1. The van der Waals surface area contributed by atoms with Gasteiger partial charge in [-0.15, -0.1) is 0 Å². The van der Waals surface area contributed by atoms with Crippen molar-refractivity contribution in [1.29, 1.82) is 0 Å². The summed E-state index contributed by atoms with van der Waals surface area (Å²) in [4.78, 5) is 20.4. The molecule has 3 atom stereocenters. The number of nitrogens with one attached hydrogen (secondary N) is 1. The third-order valence-electron chi connectivity index (χ3n) is 8.26. The summed E-state index contributed by atoms with van der Waals surface area (Å²) < 4.78 is 45.2. The number of halogens is 1. The van der Waals surface area contributed by atoms with Crippen molar-refractivity contribution in [1.82, 2.24) is 14.3 Å². The lowest BCUT2D eigenvalue weighted by molar-refractivity contribution is -0.120. The quantitative estimate of drug-likeness (QED) is 0.300. The Hall–Kier alpha value is -3.82. The van der Waals surface area contributed by atoms with Crippen LogP contribution in [0.5, 0.6) is 0 Å². The second-order valence-corrected chi connectivity index (χ2v) is 12.9. The Morgan fingerprint density at radius 1 is 1.12 bits per heavy atom. The number of anilines is 1. The second kappa shape index (κ2) is 10.9. The summed E-state index contributed by atoms with van der Waals surface area (Å²) in [6.45, 7) is 2.19. The van der Waals surface area contributed by atoms with Gasteiger partial charge in [0.1, 0.15) is 11.6 Å². The first-order valence-electron chi connectivity index (χ1n) is 13.9. The molecule has 2 aliphatic rings. The molecule has 0 radical (unpaired) electrons. The molecule has 0 spiro atoms.